The van der Waals surface area contributed by atoms with Crippen LogP contribution in [0.2, 0.25) is 0 Å². The summed E-state index contributed by atoms with van der Waals surface area (Å²) in [6.45, 7) is 10.9. The van der Waals surface area contributed by atoms with Crippen LogP contribution >= 0.6 is 0 Å². The van der Waals surface area contributed by atoms with Gasteiger partial charge < -0.3 is 54.5 Å². The lowest BCUT2D eigenvalue weighted by Crippen LogP contribution is -2.80. The van der Waals surface area contributed by atoms with E-state index < -0.39 is 118 Å². The van der Waals surface area contributed by atoms with Crippen LogP contribution < -0.4 is 5.32 Å². The Balaban J connectivity index is 1.28. The van der Waals surface area contributed by atoms with Crippen LogP contribution in [0.5, 0.6) is 0 Å². The highest BCUT2D eigenvalue weighted by Gasteiger charge is 2.76. The SMILES string of the molecule is CC(=O)O[C@@]12CO[C@@H]1C[C@H](OC1OC[C@@H](O)[C@H](C)[C@H]1O)[C@@]1(C)C(=O)[C@H](O)C3=C(C)[C@@H](OC(=O)[C@H](O)[C@@H](NC(=O)c4ccccc4)c4ccccc4)C[C@@](O)([C@@H](C)[C@H]21)C3(C)C. The molecule has 60 heavy (non-hydrogen) atoms. The average Bonchev–Trinajstić information content (AvgIpc) is 3.21. The van der Waals surface area contributed by atoms with Gasteiger partial charge in [-0.1, -0.05) is 76.2 Å². The van der Waals surface area contributed by atoms with E-state index in [2.05, 4.69) is 5.32 Å². The summed E-state index contributed by atoms with van der Waals surface area (Å²) in [5.41, 5.74) is -5.33. The molecule has 0 radical (unpaired) electrons. The summed E-state index contributed by atoms with van der Waals surface area (Å²) in [4.78, 5) is 55.7. The molecule has 2 saturated heterocycles. The fourth-order valence-electron chi connectivity index (χ4n) is 11.0. The molecular formula is C45H57NO14. The van der Waals surface area contributed by atoms with Crippen LogP contribution in [0.1, 0.15) is 83.3 Å². The summed E-state index contributed by atoms with van der Waals surface area (Å²) in [5, 5.41) is 61.7. The fourth-order valence-corrected chi connectivity index (χ4v) is 11.0. The van der Waals surface area contributed by atoms with Crippen LogP contribution in [0, 0.1) is 28.6 Å². The zero-order valence-corrected chi connectivity index (χ0v) is 34.9. The molecule has 2 bridgehead atoms. The molecule has 2 aromatic carbocycles. The lowest BCUT2D eigenvalue weighted by atomic mass is 9.42. The number of Topliss-reactive ketones (excluding diaryl/α,β-unsaturated/α-hetero) is 1. The van der Waals surface area contributed by atoms with E-state index >= 15 is 4.79 Å². The normalized spacial score (nSPS) is 39.4. The van der Waals surface area contributed by atoms with Crippen molar-refractivity contribution in [3.63, 3.8) is 0 Å². The molecule has 2 aliphatic heterocycles. The molecule has 326 valence electrons. The molecule has 4 fully saturated rings. The highest BCUT2D eigenvalue weighted by atomic mass is 16.7. The highest BCUT2D eigenvalue weighted by molar-refractivity contribution is 5.95. The third kappa shape index (κ3) is 6.91. The second kappa shape index (κ2) is 16.0. The number of carbonyl (C=O) groups is 4. The number of ketones is 1. The second-order valence-electron chi connectivity index (χ2n) is 18.1. The Hall–Kier alpha value is -4.06. The molecule has 2 heterocycles. The van der Waals surface area contributed by atoms with Gasteiger partial charge in [0.1, 0.15) is 24.4 Å². The summed E-state index contributed by atoms with van der Waals surface area (Å²) in [6.07, 6.45) is -10.8. The molecule has 1 unspecified atom stereocenters. The summed E-state index contributed by atoms with van der Waals surface area (Å²) in [6, 6.07) is 15.5. The number of ether oxygens (including phenoxy) is 5. The molecule has 2 saturated carbocycles. The number of aliphatic hydroxyl groups excluding tert-OH is 4. The minimum absolute atomic E-state index is 0.00363. The molecule has 0 aromatic heterocycles. The van der Waals surface area contributed by atoms with Crippen LogP contribution in [0.4, 0.5) is 0 Å². The van der Waals surface area contributed by atoms with Gasteiger partial charge in [0, 0.05) is 42.6 Å². The number of hydrogen-bond acceptors (Lipinski definition) is 14. The molecular weight excluding hydrogens is 778 g/mol. The highest BCUT2D eigenvalue weighted by Crippen LogP contribution is 2.66. The number of carbonyl (C=O) groups excluding carboxylic acids is 4. The molecule has 15 nitrogen and oxygen atoms in total. The van der Waals surface area contributed by atoms with Gasteiger partial charge in [-0.3, -0.25) is 14.4 Å². The van der Waals surface area contributed by atoms with E-state index in [0.717, 1.165) is 0 Å². The van der Waals surface area contributed by atoms with Crippen LogP contribution in [0.25, 0.3) is 0 Å². The Morgan fingerprint density at radius 2 is 1.58 bits per heavy atom. The summed E-state index contributed by atoms with van der Waals surface area (Å²) in [5.74, 6) is -5.73. The fraction of sp³-hybridized carbons (Fsp3) is 0.600. The summed E-state index contributed by atoms with van der Waals surface area (Å²) < 4.78 is 30.5. The van der Waals surface area contributed by atoms with E-state index in [4.69, 9.17) is 23.7 Å². The zero-order valence-electron chi connectivity index (χ0n) is 34.9. The van der Waals surface area contributed by atoms with E-state index in [9.17, 15) is 39.9 Å². The molecule has 0 spiro atoms. The van der Waals surface area contributed by atoms with Crippen molar-refractivity contribution in [2.75, 3.05) is 13.2 Å². The average molecular weight is 836 g/mol. The van der Waals surface area contributed by atoms with E-state index in [1.807, 2.05) is 0 Å². The lowest BCUT2D eigenvalue weighted by Gasteiger charge is -2.68. The first-order valence-electron chi connectivity index (χ1n) is 20.6. The minimum atomic E-state index is -1.93. The summed E-state index contributed by atoms with van der Waals surface area (Å²) >= 11 is 0. The molecule has 6 N–H and O–H groups in total. The van der Waals surface area contributed by atoms with Gasteiger partial charge in [-0.2, -0.15) is 0 Å². The molecule has 3 aliphatic carbocycles. The molecule has 7 rings (SSSR count). The number of aliphatic hydroxyl groups is 5. The third-order valence-electron chi connectivity index (χ3n) is 14.6. The number of amides is 1. The van der Waals surface area contributed by atoms with E-state index in [0.29, 0.717) is 11.1 Å². The Morgan fingerprint density at radius 3 is 2.18 bits per heavy atom. The Kier molecular flexibility index (Phi) is 11.7. The molecule has 5 aliphatic rings. The molecule has 15 atom stereocenters. The summed E-state index contributed by atoms with van der Waals surface area (Å²) in [7, 11) is 0. The first-order valence-corrected chi connectivity index (χ1v) is 20.6. The first-order chi connectivity index (χ1) is 28.2. The standard InChI is InChI=1S/C45H57NO14/c1-22-28(48)20-56-41(34(22)49)59-30-18-31-44(21-57-31,60-25(4)47)37-24(3)45(55)19-29(23(2)32(42(45,5)6)35(50)38(52)43(30,37)7)58-40(54)36(51)33(26-14-10-8-11-15-26)46-39(53)27-16-12-9-13-17-27/h8-17,22,24,28-31,33-37,41,48-51,55H,18-21H2,1-7H3,(H,46,53)/t22-,24-,28+,29-,30-,31+,33-,34+,35+,36+,37-,41?,43+,44-,45+/m0/s1. The van der Waals surface area contributed by atoms with Crippen LogP contribution in [-0.4, -0.2) is 123 Å². The number of esters is 2. The smallest absolute Gasteiger partial charge is 0.338 e. The topological polar surface area (TPSA) is 228 Å². The number of hydrogen-bond donors (Lipinski definition) is 6. The van der Waals surface area contributed by atoms with Crippen molar-refractivity contribution >= 4 is 23.6 Å². The van der Waals surface area contributed by atoms with Crippen LogP contribution in [0.3, 0.4) is 0 Å². The maximum Gasteiger partial charge on any atom is 0.338 e. The van der Waals surface area contributed by atoms with E-state index in [1.165, 1.54) is 6.92 Å². The van der Waals surface area contributed by atoms with Crippen molar-refractivity contribution in [3.05, 3.63) is 82.9 Å². The molecule has 1 amide bonds. The predicted octanol–water partition coefficient (Wildman–Crippen LogP) is 2.31. The van der Waals surface area contributed by atoms with Crippen molar-refractivity contribution in [2.24, 2.45) is 28.6 Å². The van der Waals surface area contributed by atoms with Gasteiger partial charge >= 0.3 is 11.9 Å². The van der Waals surface area contributed by atoms with Gasteiger partial charge in [0.2, 0.25) is 0 Å². The van der Waals surface area contributed by atoms with Crippen molar-refractivity contribution < 1.29 is 68.4 Å². The third-order valence-corrected chi connectivity index (χ3v) is 14.6. The van der Waals surface area contributed by atoms with E-state index in [-0.39, 0.29) is 37.2 Å². The Bertz CT molecular complexity index is 2010. The van der Waals surface area contributed by atoms with Gasteiger partial charge in [-0.25, -0.2) is 4.79 Å². The van der Waals surface area contributed by atoms with Gasteiger partial charge in [0.05, 0.1) is 42.5 Å². The molecule has 2 aromatic rings. The minimum Gasteiger partial charge on any atom is -0.456 e. The Morgan fingerprint density at radius 1 is 0.950 bits per heavy atom. The van der Waals surface area contributed by atoms with Crippen molar-refractivity contribution in [3.8, 4) is 0 Å². The lowest BCUT2D eigenvalue weighted by molar-refractivity contribution is -0.359. The predicted molar refractivity (Wildman–Crippen MR) is 211 cm³/mol. The number of benzene rings is 2. The van der Waals surface area contributed by atoms with Gasteiger partial charge in [-0.15, -0.1) is 0 Å². The quantitative estimate of drug-likeness (QED) is 0.158. The van der Waals surface area contributed by atoms with Crippen molar-refractivity contribution in [1.29, 1.82) is 0 Å². The largest absolute Gasteiger partial charge is 0.456 e. The first kappa shape index (κ1) is 44.0. The number of nitrogens with one attached hydrogen (secondary N) is 1. The van der Waals surface area contributed by atoms with Gasteiger partial charge in [0.25, 0.3) is 5.91 Å². The van der Waals surface area contributed by atoms with Crippen LogP contribution in [0.15, 0.2) is 71.8 Å². The van der Waals surface area contributed by atoms with Gasteiger partial charge in [-0.05, 0) is 48.6 Å². The Labute approximate surface area is 349 Å². The monoisotopic (exact) mass is 835 g/mol. The zero-order chi connectivity index (χ0) is 43.7. The second-order valence-corrected chi connectivity index (χ2v) is 18.1. The number of rotatable bonds is 9. The maximum absolute atomic E-state index is 15.3. The van der Waals surface area contributed by atoms with Gasteiger partial charge in [0.15, 0.2) is 23.8 Å². The molecule has 15 heteroatoms. The number of fused-ring (bicyclic) bond motifs is 5. The van der Waals surface area contributed by atoms with Crippen molar-refractivity contribution in [1.82, 2.24) is 5.32 Å². The van der Waals surface area contributed by atoms with Crippen LogP contribution in [-0.2, 0) is 38.1 Å². The van der Waals surface area contributed by atoms with E-state index in [1.54, 1.807) is 102 Å². The maximum atomic E-state index is 15.3. The van der Waals surface area contributed by atoms with Crippen molar-refractivity contribution in [2.45, 2.75) is 128 Å².